The first-order valence-corrected chi connectivity index (χ1v) is 6.50. The SMILES string of the molecule is Cc1ncsc1CNc1nc[nH]c(=O)c1I. The van der Waals surface area contributed by atoms with Crippen LogP contribution in [0.1, 0.15) is 10.6 Å². The van der Waals surface area contributed by atoms with Gasteiger partial charge in [-0.05, 0) is 29.5 Å². The van der Waals surface area contributed by atoms with E-state index in [9.17, 15) is 4.79 Å². The molecular formula is C9H9IN4OS. The van der Waals surface area contributed by atoms with Crippen LogP contribution in [0.3, 0.4) is 0 Å². The monoisotopic (exact) mass is 348 g/mol. The molecule has 2 heterocycles. The van der Waals surface area contributed by atoms with E-state index in [1.165, 1.54) is 6.33 Å². The van der Waals surface area contributed by atoms with Gasteiger partial charge in [-0.1, -0.05) is 0 Å². The van der Waals surface area contributed by atoms with Crippen LogP contribution in [0.4, 0.5) is 5.82 Å². The van der Waals surface area contributed by atoms with Crippen LogP contribution in [0.15, 0.2) is 16.6 Å². The molecule has 2 aromatic rings. The Kier molecular flexibility index (Phi) is 3.54. The average molecular weight is 348 g/mol. The summed E-state index contributed by atoms with van der Waals surface area (Å²) in [6.45, 7) is 2.60. The zero-order chi connectivity index (χ0) is 11.5. The highest BCUT2D eigenvalue weighted by molar-refractivity contribution is 14.1. The number of nitrogens with zero attached hydrogens (tertiary/aromatic N) is 2. The van der Waals surface area contributed by atoms with Crippen molar-refractivity contribution < 1.29 is 0 Å². The number of anilines is 1. The third kappa shape index (κ3) is 2.40. The Bertz CT molecular complexity index is 550. The van der Waals surface area contributed by atoms with E-state index in [1.807, 2.05) is 35.0 Å². The first-order chi connectivity index (χ1) is 7.68. The van der Waals surface area contributed by atoms with Gasteiger partial charge >= 0.3 is 0 Å². The van der Waals surface area contributed by atoms with Crippen LogP contribution >= 0.6 is 33.9 Å². The Morgan fingerprint density at radius 3 is 3.06 bits per heavy atom. The molecule has 2 rings (SSSR count). The van der Waals surface area contributed by atoms with Gasteiger partial charge in [-0.25, -0.2) is 9.97 Å². The predicted octanol–water partition coefficient (Wildman–Crippen LogP) is 1.75. The van der Waals surface area contributed by atoms with E-state index in [2.05, 4.69) is 20.3 Å². The van der Waals surface area contributed by atoms with Crippen molar-refractivity contribution in [1.29, 1.82) is 0 Å². The number of nitrogens with one attached hydrogen (secondary N) is 2. The first-order valence-electron chi connectivity index (χ1n) is 4.54. The Morgan fingerprint density at radius 1 is 1.56 bits per heavy atom. The van der Waals surface area contributed by atoms with Gasteiger partial charge in [0.2, 0.25) is 0 Å². The topological polar surface area (TPSA) is 70.7 Å². The molecule has 0 aromatic carbocycles. The predicted molar refractivity (Wildman–Crippen MR) is 71.8 cm³/mol. The summed E-state index contributed by atoms with van der Waals surface area (Å²) < 4.78 is 0.572. The molecular weight excluding hydrogens is 339 g/mol. The fourth-order valence-corrected chi connectivity index (χ4v) is 2.37. The standard InChI is InChI=1S/C9H9IN4OS/c1-5-6(16-4-14-5)2-11-8-7(10)9(15)13-3-12-8/h3-4H,2H2,1H3,(H2,11,12,13,15). The minimum absolute atomic E-state index is 0.126. The molecule has 16 heavy (non-hydrogen) atoms. The number of rotatable bonds is 3. The van der Waals surface area contributed by atoms with Gasteiger partial charge in [-0.15, -0.1) is 11.3 Å². The summed E-state index contributed by atoms with van der Waals surface area (Å²) in [6.07, 6.45) is 1.40. The molecule has 84 valence electrons. The molecule has 0 aliphatic heterocycles. The van der Waals surface area contributed by atoms with Crippen LogP contribution in [0.2, 0.25) is 0 Å². The maximum absolute atomic E-state index is 11.3. The molecule has 0 aliphatic rings. The number of hydrogen-bond donors (Lipinski definition) is 2. The van der Waals surface area contributed by atoms with Gasteiger partial charge in [0.1, 0.15) is 9.39 Å². The lowest BCUT2D eigenvalue weighted by atomic mass is 10.4. The maximum Gasteiger partial charge on any atom is 0.266 e. The van der Waals surface area contributed by atoms with Crippen molar-refractivity contribution in [2.24, 2.45) is 0 Å². The van der Waals surface area contributed by atoms with E-state index >= 15 is 0 Å². The zero-order valence-electron chi connectivity index (χ0n) is 8.45. The summed E-state index contributed by atoms with van der Waals surface area (Å²) in [5.74, 6) is 0.608. The van der Waals surface area contributed by atoms with E-state index in [1.54, 1.807) is 11.3 Å². The molecule has 0 atom stereocenters. The van der Waals surface area contributed by atoms with Crippen LogP contribution in [-0.4, -0.2) is 15.0 Å². The van der Waals surface area contributed by atoms with Crippen molar-refractivity contribution in [3.8, 4) is 0 Å². The van der Waals surface area contributed by atoms with Gasteiger partial charge in [-0.3, -0.25) is 4.79 Å². The molecule has 5 nitrogen and oxygen atoms in total. The molecule has 0 saturated heterocycles. The number of aryl methyl sites for hydroxylation is 1. The molecule has 0 radical (unpaired) electrons. The second-order valence-electron chi connectivity index (χ2n) is 3.11. The lowest BCUT2D eigenvalue weighted by molar-refractivity contribution is 1.04. The number of aromatic nitrogens is 3. The van der Waals surface area contributed by atoms with Gasteiger partial charge in [-0.2, -0.15) is 0 Å². The van der Waals surface area contributed by atoms with E-state index in [4.69, 9.17) is 0 Å². The van der Waals surface area contributed by atoms with Gasteiger partial charge in [0.05, 0.1) is 24.1 Å². The van der Waals surface area contributed by atoms with Crippen LogP contribution in [0.5, 0.6) is 0 Å². The van der Waals surface area contributed by atoms with Crippen molar-refractivity contribution >= 4 is 39.7 Å². The molecule has 0 spiro atoms. The fourth-order valence-electron chi connectivity index (χ4n) is 1.17. The fraction of sp³-hybridized carbons (Fsp3) is 0.222. The van der Waals surface area contributed by atoms with Crippen LogP contribution < -0.4 is 10.9 Å². The van der Waals surface area contributed by atoms with Crippen LogP contribution in [0, 0.1) is 10.5 Å². The smallest absolute Gasteiger partial charge is 0.266 e. The summed E-state index contributed by atoms with van der Waals surface area (Å²) in [4.78, 5) is 23.2. The second-order valence-corrected chi connectivity index (χ2v) is 5.13. The highest BCUT2D eigenvalue weighted by atomic mass is 127. The quantitative estimate of drug-likeness (QED) is 0.830. The molecule has 0 bridgehead atoms. The summed E-state index contributed by atoms with van der Waals surface area (Å²) in [7, 11) is 0. The van der Waals surface area contributed by atoms with Crippen LogP contribution in [0.25, 0.3) is 0 Å². The lowest BCUT2D eigenvalue weighted by Crippen LogP contribution is -2.14. The third-order valence-electron chi connectivity index (χ3n) is 2.06. The highest BCUT2D eigenvalue weighted by Gasteiger charge is 2.06. The Balaban J connectivity index is 2.14. The average Bonchev–Trinajstić information content (AvgIpc) is 2.67. The number of H-pyrrole nitrogens is 1. The molecule has 0 amide bonds. The minimum atomic E-state index is -0.126. The highest BCUT2D eigenvalue weighted by Crippen LogP contribution is 2.15. The summed E-state index contributed by atoms with van der Waals surface area (Å²) in [5, 5.41) is 3.13. The van der Waals surface area contributed by atoms with Gasteiger partial charge in [0.15, 0.2) is 0 Å². The first kappa shape index (κ1) is 11.5. The summed E-state index contributed by atoms with van der Waals surface area (Å²) in [6, 6.07) is 0. The molecule has 0 aliphatic carbocycles. The van der Waals surface area contributed by atoms with Gasteiger partial charge in [0.25, 0.3) is 5.56 Å². The van der Waals surface area contributed by atoms with E-state index in [-0.39, 0.29) is 5.56 Å². The number of halogens is 1. The summed E-state index contributed by atoms with van der Waals surface area (Å²) >= 11 is 3.56. The van der Waals surface area contributed by atoms with E-state index < -0.39 is 0 Å². The maximum atomic E-state index is 11.3. The van der Waals surface area contributed by atoms with Crippen molar-refractivity contribution in [2.45, 2.75) is 13.5 Å². The Labute approximate surface area is 109 Å². The largest absolute Gasteiger partial charge is 0.364 e. The van der Waals surface area contributed by atoms with E-state index in [0.29, 0.717) is 15.9 Å². The zero-order valence-corrected chi connectivity index (χ0v) is 11.4. The molecule has 2 aromatic heterocycles. The van der Waals surface area contributed by atoms with Gasteiger partial charge in [0, 0.05) is 4.88 Å². The molecule has 2 N–H and O–H groups in total. The number of hydrogen-bond acceptors (Lipinski definition) is 5. The minimum Gasteiger partial charge on any atom is -0.364 e. The second kappa shape index (κ2) is 4.91. The van der Waals surface area contributed by atoms with Crippen molar-refractivity contribution in [3.63, 3.8) is 0 Å². The van der Waals surface area contributed by atoms with Crippen molar-refractivity contribution in [3.05, 3.63) is 36.3 Å². The van der Waals surface area contributed by atoms with Gasteiger partial charge < -0.3 is 10.3 Å². The van der Waals surface area contributed by atoms with Crippen molar-refractivity contribution in [2.75, 3.05) is 5.32 Å². The molecule has 0 saturated carbocycles. The normalized spacial score (nSPS) is 10.4. The van der Waals surface area contributed by atoms with Crippen molar-refractivity contribution in [1.82, 2.24) is 15.0 Å². The molecule has 0 fully saturated rings. The Morgan fingerprint density at radius 2 is 2.38 bits per heavy atom. The summed E-state index contributed by atoms with van der Waals surface area (Å²) in [5.41, 5.74) is 2.69. The van der Waals surface area contributed by atoms with E-state index in [0.717, 1.165) is 10.6 Å². The number of thiazole rings is 1. The lowest BCUT2D eigenvalue weighted by Gasteiger charge is -2.05. The Hall–Kier alpha value is -0.960. The third-order valence-corrected chi connectivity index (χ3v) is 3.99. The molecule has 0 unspecified atom stereocenters. The number of aromatic amines is 1. The molecule has 7 heteroatoms. The van der Waals surface area contributed by atoms with Crippen LogP contribution in [-0.2, 0) is 6.54 Å².